The number of pyridine rings is 1. The molecule has 0 spiro atoms. The number of carbonyl (C=O) groups excluding carboxylic acids is 1. The summed E-state index contributed by atoms with van der Waals surface area (Å²) < 4.78 is 24.0. The zero-order valence-electron chi connectivity index (χ0n) is 15.5. The smallest absolute Gasteiger partial charge is 0.339 e. The van der Waals surface area contributed by atoms with Crippen molar-refractivity contribution in [2.45, 2.75) is 0 Å². The molecule has 9 heteroatoms. The highest BCUT2D eigenvalue weighted by Gasteiger charge is 2.19. The van der Waals surface area contributed by atoms with E-state index in [1.54, 1.807) is 30.5 Å². The van der Waals surface area contributed by atoms with E-state index in [2.05, 4.69) is 10.3 Å². The molecule has 0 saturated heterocycles. The van der Waals surface area contributed by atoms with Gasteiger partial charge in [0.15, 0.2) is 5.58 Å². The molecule has 4 aromatic rings. The first kappa shape index (κ1) is 20.0. The van der Waals surface area contributed by atoms with Crippen molar-refractivity contribution in [1.82, 2.24) is 4.98 Å². The summed E-state index contributed by atoms with van der Waals surface area (Å²) in [4.78, 5) is 16.4. The van der Waals surface area contributed by atoms with Gasteiger partial charge in [0.2, 0.25) is 5.88 Å². The number of furan rings is 1. The molecule has 0 atom stereocenters. The van der Waals surface area contributed by atoms with E-state index in [1.807, 2.05) is 0 Å². The molecular formula is C21H14Cl2FN3O3. The summed E-state index contributed by atoms with van der Waals surface area (Å²) in [6, 6.07) is 10.8. The van der Waals surface area contributed by atoms with Crippen LogP contribution in [0.5, 0.6) is 0 Å². The van der Waals surface area contributed by atoms with Crippen LogP contribution in [0.2, 0.25) is 10.0 Å². The first-order valence-electron chi connectivity index (χ1n) is 8.66. The number of rotatable bonds is 4. The standard InChI is InChI=1S/C21H14Cl2FN3O3/c1-29-21(28)13-8-10(2-4-14(13)22)17-19-12(6-7-26-17)18(20(25)30-19)27-11-3-5-16(24)15(23)9-11/h2-9,27H,25H2,1H3. The van der Waals surface area contributed by atoms with Crippen LogP contribution in [-0.2, 0) is 4.74 Å². The van der Waals surface area contributed by atoms with Gasteiger partial charge in [-0.2, -0.15) is 0 Å². The summed E-state index contributed by atoms with van der Waals surface area (Å²) in [5, 5.41) is 3.98. The Hall–Kier alpha value is -3.29. The molecule has 30 heavy (non-hydrogen) atoms. The maximum Gasteiger partial charge on any atom is 0.339 e. The topological polar surface area (TPSA) is 90.4 Å². The van der Waals surface area contributed by atoms with Crippen LogP contribution in [0.3, 0.4) is 0 Å². The fraction of sp³-hybridized carbons (Fsp3) is 0.0476. The number of esters is 1. The molecule has 3 N–H and O–H groups in total. The molecule has 0 radical (unpaired) electrons. The van der Waals surface area contributed by atoms with Gasteiger partial charge in [0, 0.05) is 17.4 Å². The van der Waals surface area contributed by atoms with Crippen LogP contribution in [0.15, 0.2) is 53.1 Å². The Balaban J connectivity index is 1.82. The molecule has 152 valence electrons. The van der Waals surface area contributed by atoms with Gasteiger partial charge >= 0.3 is 5.97 Å². The number of nitrogens with one attached hydrogen (secondary N) is 1. The minimum atomic E-state index is -0.566. The number of halogens is 3. The Morgan fingerprint density at radius 2 is 1.97 bits per heavy atom. The average molecular weight is 446 g/mol. The highest BCUT2D eigenvalue weighted by Crippen LogP contribution is 2.40. The fourth-order valence-electron chi connectivity index (χ4n) is 3.03. The molecule has 2 aromatic carbocycles. The first-order chi connectivity index (χ1) is 14.4. The number of nitrogens with zero attached hydrogens (tertiary/aromatic N) is 1. The SMILES string of the molecule is COC(=O)c1cc(-c2nccc3c(Nc4ccc(F)c(Cl)c4)c(N)oc23)ccc1Cl. The van der Waals surface area contributed by atoms with E-state index in [9.17, 15) is 9.18 Å². The van der Waals surface area contributed by atoms with E-state index in [1.165, 1.54) is 25.3 Å². The minimum Gasteiger partial charge on any atom is -0.465 e. The molecule has 6 nitrogen and oxygen atoms in total. The number of methoxy groups -OCH3 is 1. The van der Waals surface area contributed by atoms with E-state index >= 15 is 0 Å². The van der Waals surface area contributed by atoms with Gasteiger partial charge in [0.25, 0.3) is 0 Å². The number of fused-ring (bicyclic) bond motifs is 1. The van der Waals surface area contributed by atoms with Crippen molar-refractivity contribution in [3.8, 4) is 11.3 Å². The lowest BCUT2D eigenvalue weighted by Crippen LogP contribution is -2.02. The third-order valence-electron chi connectivity index (χ3n) is 4.47. The van der Waals surface area contributed by atoms with Crippen LogP contribution in [0.1, 0.15) is 10.4 Å². The zero-order valence-corrected chi connectivity index (χ0v) is 17.0. The number of anilines is 3. The van der Waals surface area contributed by atoms with Crippen molar-refractivity contribution in [2.24, 2.45) is 0 Å². The Morgan fingerprint density at radius 3 is 2.70 bits per heavy atom. The Bertz CT molecular complexity index is 1290. The van der Waals surface area contributed by atoms with Crippen LogP contribution in [0, 0.1) is 5.82 Å². The Morgan fingerprint density at radius 1 is 1.17 bits per heavy atom. The van der Waals surface area contributed by atoms with Gasteiger partial charge < -0.3 is 20.2 Å². The van der Waals surface area contributed by atoms with E-state index in [-0.39, 0.29) is 21.5 Å². The van der Waals surface area contributed by atoms with Crippen molar-refractivity contribution >= 4 is 57.4 Å². The highest BCUT2D eigenvalue weighted by atomic mass is 35.5. The van der Waals surface area contributed by atoms with Crippen LogP contribution >= 0.6 is 23.2 Å². The van der Waals surface area contributed by atoms with Gasteiger partial charge in [-0.1, -0.05) is 29.3 Å². The normalized spacial score (nSPS) is 10.9. The summed E-state index contributed by atoms with van der Waals surface area (Å²) in [6.07, 6.45) is 1.59. The van der Waals surface area contributed by atoms with E-state index in [0.29, 0.717) is 33.6 Å². The van der Waals surface area contributed by atoms with Crippen LogP contribution in [0.4, 0.5) is 21.6 Å². The number of aromatic nitrogens is 1. The van der Waals surface area contributed by atoms with Gasteiger partial charge in [-0.05, 0) is 36.4 Å². The average Bonchev–Trinajstić information content (AvgIpc) is 3.06. The van der Waals surface area contributed by atoms with Gasteiger partial charge in [-0.15, -0.1) is 0 Å². The number of nitrogen functional groups attached to an aromatic ring is 1. The molecular weight excluding hydrogens is 432 g/mol. The van der Waals surface area contributed by atoms with Crippen molar-refractivity contribution < 1.29 is 18.3 Å². The highest BCUT2D eigenvalue weighted by molar-refractivity contribution is 6.33. The number of hydrogen-bond acceptors (Lipinski definition) is 6. The van der Waals surface area contributed by atoms with Gasteiger partial charge in [0.05, 0.1) is 28.1 Å². The predicted octanol–water partition coefficient (Wildman–Crippen LogP) is 6.05. The maximum atomic E-state index is 13.4. The second-order valence-electron chi connectivity index (χ2n) is 6.32. The lowest BCUT2D eigenvalue weighted by atomic mass is 10.1. The number of benzene rings is 2. The quantitative estimate of drug-likeness (QED) is 0.371. The van der Waals surface area contributed by atoms with Crippen LogP contribution in [0.25, 0.3) is 22.2 Å². The van der Waals surface area contributed by atoms with Gasteiger partial charge in [0.1, 0.15) is 17.2 Å². The first-order valence-corrected chi connectivity index (χ1v) is 9.42. The second-order valence-corrected chi connectivity index (χ2v) is 7.13. The van der Waals surface area contributed by atoms with E-state index in [0.717, 1.165) is 0 Å². The Labute approximate surface area is 180 Å². The molecule has 2 heterocycles. The summed E-state index contributed by atoms with van der Waals surface area (Å²) in [5.74, 6) is -0.978. The third kappa shape index (κ3) is 3.53. The second kappa shape index (κ2) is 7.85. The number of nitrogens with two attached hydrogens (primary N) is 1. The minimum absolute atomic E-state index is 0.0229. The predicted molar refractivity (Wildman–Crippen MR) is 115 cm³/mol. The molecule has 0 aliphatic carbocycles. The Kier molecular flexibility index (Phi) is 5.24. The monoisotopic (exact) mass is 445 g/mol. The lowest BCUT2D eigenvalue weighted by molar-refractivity contribution is 0.0601. The zero-order chi connectivity index (χ0) is 21.4. The molecule has 0 bridgehead atoms. The summed E-state index contributed by atoms with van der Waals surface area (Å²) in [5.41, 5.74) is 8.77. The largest absolute Gasteiger partial charge is 0.465 e. The van der Waals surface area contributed by atoms with E-state index in [4.69, 9.17) is 38.1 Å². The lowest BCUT2D eigenvalue weighted by Gasteiger charge is -2.07. The van der Waals surface area contributed by atoms with Crippen molar-refractivity contribution in [3.05, 3.63) is 70.1 Å². The number of carbonyl (C=O) groups is 1. The van der Waals surface area contributed by atoms with Gasteiger partial charge in [-0.25, -0.2) is 9.18 Å². The summed E-state index contributed by atoms with van der Waals surface area (Å²) >= 11 is 12.0. The molecule has 4 rings (SSSR count). The molecule has 0 aliphatic rings. The number of ether oxygens (including phenoxy) is 1. The van der Waals surface area contributed by atoms with Crippen molar-refractivity contribution in [1.29, 1.82) is 0 Å². The van der Waals surface area contributed by atoms with Crippen LogP contribution in [-0.4, -0.2) is 18.1 Å². The third-order valence-corrected chi connectivity index (χ3v) is 5.09. The van der Waals surface area contributed by atoms with Crippen LogP contribution < -0.4 is 11.1 Å². The molecule has 0 fully saturated rings. The van der Waals surface area contributed by atoms with Crippen molar-refractivity contribution in [3.63, 3.8) is 0 Å². The molecule has 2 aromatic heterocycles. The molecule has 0 saturated carbocycles. The van der Waals surface area contributed by atoms with E-state index < -0.39 is 11.8 Å². The molecule has 0 aliphatic heterocycles. The molecule has 0 amide bonds. The fourth-order valence-corrected chi connectivity index (χ4v) is 3.41. The molecule has 0 unspecified atom stereocenters. The maximum absolute atomic E-state index is 13.4. The van der Waals surface area contributed by atoms with Crippen molar-refractivity contribution in [2.75, 3.05) is 18.2 Å². The number of hydrogen-bond donors (Lipinski definition) is 2. The summed E-state index contributed by atoms with van der Waals surface area (Å²) in [7, 11) is 1.27. The van der Waals surface area contributed by atoms with Gasteiger partial charge in [-0.3, -0.25) is 4.98 Å². The summed E-state index contributed by atoms with van der Waals surface area (Å²) in [6.45, 7) is 0.